The first kappa shape index (κ1) is 21.1. The summed E-state index contributed by atoms with van der Waals surface area (Å²) in [5.74, 6) is 0. The van der Waals surface area contributed by atoms with E-state index in [1.807, 2.05) is 63.2 Å². The molecular weight excluding hydrogens is 416 g/mol. The van der Waals surface area contributed by atoms with Crippen molar-refractivity contribution in [2.24, 2.45) is 0 Å². The van der Waals surface area contributed by atoms with Gasteiger partial charge >= 0.3 is 0 Å². The first-order valence-corrected chi connectivity index (χ1v) is 10.4. The van der Waals surface area contributed by atoms with Crippen LogP contribution in [0.15, 0.2) is 53.3 Å². The van der Waals surface area contributed by atoms with Crippen molar-refractivity contribution in [3.63, 3.8) is 0 Å². The molecule has 0 unspecified atom stereocenters. The standard InChI is InChI=1S/C24H21F2N3OS/c1-4-15-7-9-16(10-8-15)18-12-17(21(25)26)20-22(27-18)29(24(31)28-23(20)30)19-11-13(2)5-6-14(19)3/h5-12,21H,4H2,1-3H3,(H,28,30,31). The zero-order valence-corrected chi connectivity index (χ0v) is 18.2. The Bertz CT molecular complexity index is 1410. The van der Waals surface area contributed by atoms with E-state index in [0.717, 1.165) is 23.1 Å². The number of aromatic nitrogens is 3. The van der Waals surface area contributed by atoms with Gasteiger partial charge in [0.15, 0.2) is 10.4 Å². The van der Waals surface area contributed by atoms with Crippen LogP contribution in [0.3, 0.4) is 0 Å². The van der Waals surface area contributed by atoms with Gasteiger partial charge in [0.2, 0.25) is 0 Å². The number of nitrogens with zero attached hydrogens (tertiary/aromatic N) is 2. The number of aromatic amines is 1. The van der Waals surface area contributed by atoms with Crippen LogP contribution in [0, 0.1) is 18.6 Å². The highest BCUT2D eigenvalue weighted by Crippen LogP contribution is 2.31. The molecule has 1 N–H and O–H groups in total. The fraction of sp³-hybridized carbons (Fsp3) is 0.208. The average Bonchev–Trinajstić information content (AvgIpc) is 2.75. The van der Waals surface area contributed by atoms with Gasteiger partial charge in [-0.15, -0.1) is 0 Å². The molecule has 7 heteroatoms. The number of nitrogens with one attached hydrogen (secondary N) is 1. The fourth-order valence-electron chi connectivity index (χ4n) is 3.67. The molecule has 0 saturated heterocycles. The molecular formula is C24H21F2N3OS. The molecule has 31 heavy (non-hydrogen) atoms. The van der Waals surface area contributed by atoms with E-state index in [1.54, 1.807) is 4.57 Å². The summed E-state index contributed by atoms with van der Waals surface area (Å²) in [4.78, 5) is 19.9. The second-order valence-electron chi connectivity index (χ2n) is 7.53. The molecule has 4 nitrogen and oxygen atoms in total. The molecule has 0 bridgehead atoms. The first-order valence-electron chi connectivity index (χ1n) is 9.95. The number of rotatable bonds is 4. The second kappa shape index (κ2) is 8.15. The monoisotopic (exact) mass is 437 g/mol. The number of halogens is 2. The first-order chi connectivity index (χ1) is 14.8. The van der Waals surface area contributed by atoms with Crippen LogP contribution in [0.4, 0.5) is 8.78 Å². The third-order valence-electron chi connectivity index (χ3n) is 5.39. The molecule has 0 fully saturated rings. The second-order valence-corrected chi connectivity index (χ2v) is 7.92. The smallest absolute Gasteiger partial charge is 0.264 e. The number of hydrogen-bond donors (Lipinski definition) is 1. The maximum absolute atomic E-state index is 14.1. The largest absolute Gasteiger partial charge is 0.298 e. The van der Waals surface area contributed by atoms with Crippen LogP contribution in [0.5, 0.6) is 0 Å². The van der Waals surface area contributed by atoms with E-state index in [9.17, 15) is 13.6 Å². The van der Waals surface area contributed by atoms with Crippen LogP contribution in [0.1, 0.15) is 35.6 Å². The number of alkyl halides is 2. The molecule has 2 heterocycles. The Morgan fingerprint density at radius 1 is 1.10 bits per heavy atom. The van der Waals surface area contributed by atoms with Gasteiger partial charge in [0, 0.05) is 11.1 Å². The van der Waals surface area contributed by atoms with Crippen LogP contribution >= 0.6 is 12.2 Å². The number of fused-ring (bicyclic) bond motifs is 1. The Morgan fingerprint density at radius 3 is 2.45 bits per heavy atom. The number of pyridine rings is 1. The Hall–Kier alpha value is -3.19. The van der Waals surface area contributed by atoms with E-state index in [4.69, 9.17) is 12.2 Å². The summed E-state index contributed by atoms with van der Waals surface area (Å²) in [7, 11) is 0. The highest BCUT2D eigenvalue weighted by atomic mass is 32.1. The number of aryl methyl sites for hydroxylation is 3. The van der Waals surface area contributed by atoms with E-state index >= 15 is 0 Å². The van der Waals surface area contributed by atoms with E-state index < -0.39 is 12.0 Å². The summed E-state index contributed by atoms with van der Waals surface area (Å²) in [6.45, 7) is 5.87. The van der Waals surface area contributed by atoms with Crippen molar-refractivity contribution in [2.75, 3.05) is 0 Å². The Labute approximate surface area is 183 Å². The van der Waals surface area contributed by atoms with Gasteiger partial charge in [-0.2, -0.15) is 0 Å². The van der Waals surface area contributed by atoms with E-state index in [2.05, 4.69) is 9.97 Å². The van der Waals surface area contributed by atoms with Crippen LogP contribution < -0.4 is 5.56 Å². The predicted octanol–water partition coefficient (Wildman–Crippen LogP) is 6.23. The zero-order chi connectivity index (χ0) is 22.3. The Balaban J connectivity index is 2.13. The molecule has 0 saturated carbocycles. The molecule has 0 atom stereocenters. The molecule has 158 valence electrons. The average molecular weight is 438 g/mol. The maximum Gasteiger partial charge on any atom is 0.264 e. The lowest BCUT2D eigenvalue weighted by atomic mass is 10.0. The lowest BCUT2D eigenvalue weighted by molar-refractivity contribution is 0.153. The quantitative estimate of drug-likeness (QED) is 0.385. The van der Waals surface area contributed by atoms with Crippen molar-refractivity contribution in [3.8, 4) is 16.9 Å². The minimum Gasteiger partial charge on any atom is -0.298 e. The summed E-state index contributed by atoms with van der Waals surface area (Å²) in [6, 6.07) is 14.7. The van der Waals surface area contributed by atoms with Crippen molar-refractivity contribution in [1.82, 2.24) is 14.5 Å². The minimum absolute atomic E-state index is 0.109. The van der Waals surface area contributed by atoms with Crippen molar-refractivity contribution in [1.29, 1.82) is 0 Å². The molecule has 0 radical (unpaired) electrons. The fourth-order valence-corrected chi connectivity index (χ4v) is 3.95. The van der Waals surface area contributed by atoms with Crippen molar-refractivity contribution >= 4 is 23.3 Å². The highest BCUT2D eigenvalue weighted by molar-refractivity contribution is 7.71. The van der Waals surface area contributed by atoms with Crippen molar-refractivity contribution < 1.29 is 8.78 Å². The highest BCUT2D eigenvalue weighted by Gasteiger charge is 2.21. The van der Waals surface area contributed by atoms with Gasteiger partial charge in [0.1, 0.15) is 0 Å². The molecule has 2 aromatic heterocycles. The van der Waals surface area contributed by atoms with Gasteiger partial charge in [0.25, 0.3) is 12.0 Å². The molecule has 0 spiro atoms. The van der Waals surface area contributed by atoms with E-state index in [1.165, 1.54) is 6.07 Å². The van der Waals surface area contributed by atoms with Gasteiger partial charge in [-0.25, -0.2) is 13.8 Å². The van der Waals surface area contributed by atoms with Gasteiger partial charge in [-0.05, 0) is 61.3 Å². The van der Waals surface area contributed by atoms with E-state index in [-0.39, 0.29) is 21.4 Å². The molecule has 0 aliphatic carbocycles. The van der Waals surface area contributed by atoms with Crippen LogP contribution in [0.25, 0.3) is 28.0 Å². The minimum atomic E-state index is -2.84. The normalized spacial score (nSPS) is 11.4. The van der Waals surface area contributed by atoms with Crippen molar-refractivity contribution in [3.05, 3.63) is 85.9 Å². The summed E-state index contributed by atoms with van der Waals surface area (Å²) in [6.07, 6.45) is -1.97. The van der Waals surface area contributed by atoms with E-state index in [0.29, 0.717) is 16.9 Å². The van der Waals surface area contributed by atoms with Crippen LogP contribution in [0.2, 0.25) is 0 Å². The number of hydrogen-bond acceptors (Lipinski definition) is 3. The number of benzene rings is 2. The molecule has 4 aromatic rings. The molecule has 0 aliphatic heterocycles. The summed E-state index contributed by atoms with van der Waals surface area (Å²) in [5, 5.41) is -0.154. The van der Waals surface area contributed by atoms with Gasteiger partial charge in [0.05, 0.1) is 16.8 Å². The zero-order valence-electron chi connectivity index (χ0n) is 17.4. The molecule has 0 amide bonds. The molecule has 2 aromatic carbocycles. The third kappa shape index (κ3) is 3.81. The van der Waals surface area contributed by atoms with Gasteiger partial charge in [-0.3, -0.25) is 14.3 Å². The van der Waals surface area contributed by atoms with Crippen LogP contribution in [-0.4, -0.2) is 14.5 Å². The summed E-state index contributed by atoms with van der Waals surface area (Å²) >= 11 is 5.43. The predicted molar refractivity (Wildman–Crippen MR) is 122 cm³/mol. The molecule has 0 aliphatic rings. The lowest BCUT2D eigenvalue weighted by Crippen LogP contribution is -2.17. The SMILES string of the molecule is CCc1ccc(-c2cc(C(F)F)c3c(=O)[nH]c(=S)n(-c4cc(C)ccc4C)c3n2)cc1. The Morgan fingerprint density at radius 2 is 1.81 bits per heavy atom. The summed E-state index contributed by atoms with van der Waals surface area (Å²) < 4.78 is 29.8. The summed E-state index contributed by atoms with van der Waals surface area (Å²) in [5.41, 5.74) is 3.83. The van der Waals surface area contributed by atoms with Gasteiger partial charge < -0.3 is 0 Å². The lowest BCUT2D eigenvalue weighted by Gasteiger charge is -2.16. The Kier molecular flexibility index (Phi) is 5.54. The molecule has 4 rings (SSSR count). The number of H-pyrrole nitrogens is 1. The topological polar surface area (TPSA) is 50.7 Å². The third-order valence-corrected chi connectivity index (χ3v) is 5.68. The van der Waals surface area contributed by atoms with Gasteiger partial charge in [-0.1, -0.05) is 43.3 Å². The maximum atomic E-state index is 14.1. The van der Waals surface area contributed by atoms with Crippen molar-refractivity contribution in [2.45, 2.75) is 33.6 Å². The van der Waals surface area contributed by atoms with Crippen LogP contribution in [-0.2, 0) is 6.42 Å².